The molecule has 2 aromatic rings. The first-order valence-electron chi connectivity index (χ1n) is 8.12. The summed E-state index contributed by atoms with van der Waals surface area (Å²) in [5, 5.41) is 5.20. The van der Waals surface area contributed by atoms with Gasteiger partial charge < -0.3 is 10.6 Å². The highest BCUT2D eigenvalue weighted by Gasteiger charge is 2.39. The SMILES string of the molecule is CNC(=O)c1ccc(S(=O)(=O)N2CCNC(=O)C2c2ccccc2)cc1. The zero-order chi connectivity index (χ0) is 18.7. The molecule has 0 aromatic heterocycles. The van der Waals surface area contributed by atoms with Gasteiger partial charge in [-0.15, -0.1) is 0 Å². The van der Waals surface area contributed by atoms with E-state index in [1.807, 2.05) is 0 Å². The monoisotopic (exact) mass is 373 g/mol. The second-order valence-electron chi connectivity index (χ2n) is 5.82. The fourth-order valence-electron chi connectivity index (χ4n) is 2.92. The molecule has 1 aliphatic rings. The molecule has 26 heavy (non-hydrogen) atoms. The molecule has 3 rings (SSSR count). The van der Waals surface area contributed by atoms with Crippen LogP contribution < -0.4 is 10.6 Å². The molecular formula is C18H19N3O4S. The third-order valence-corrected chi connectivity index (χ3v) is 6.11. The van der Waals surface area contributed by atoms with Crippen molar-refractivity contribution in [3.8, 4) is 0 Å². The highest BCUT2D eigenvalue weighted by molar-refractivity contribution is 7.89. The minimum Gasteiger partial charge on any atom is -0.355 e. The van der Waals surface area contributed by atoms with Gasteiger partial charge in [0.1, 0.15) is 6.04 Å². The molecule has 7 nitrogen and oxygen atoms in total. The van der Waals surface area contributed by atoms with Gasteiger partial charge in [-0.25, -0.2) is 8.42 Å². The topological polar surface area (TPSA) is 95.6 Å². The van der Waals surface area contributed by atoms with Gasteiger partial charge in [0.2, 0.25) is 15.9 Å². The quantitative estimate of drug-likeness (QED) is 0.833. The Kier molecular flexibility index (Phi) is 5.06. The van der Waals surface area contributed by atoms with Gasteiger partial charge >= 0.3 is 0 Å². The number of hydrogen-bond acceptors (Lipinski definition) is 4. The van der Waals surface area contributed by atoms with E-state index >= 15 is 0 Å². The lowest BCUT2D eigenvalue weighted by molar-refractivity contribution is -0.126. The molecule has 0 spiro atoms. The molecule has 0 radical (unpaired) electrons. The number of amides is 2. The summed E-state index contributed by atoms with van der Waals surface area (Å²) in [5.41, 5.74) is 0.970. The van der Waals surface area contributed by atoms with Crippen LogP contribution in [0.15, 0.2) is 59.5 Å². The molecule has 2 aromatic carbocycles. The number of carbonyl (C=O) groups is 2. The highest BCUT2D eigenvalue weighted by atomic mass is 32.2. The fourth-order valence-corrected chi connectivity index (χ4v) is 4.49. The lowest BCUT2D eigenvalue weighted by Gasteiger charge is -2.34. The smallest absolute Gasteiger partial charge is 0.251 e. The Bertz CT molecular complexity index is 911. The van der Waals surface area contributed by atoms with Gasteiger partial charge in [0, 0.05) is 25.7 Å². The van der Waals surface area contributed by atoms with Crippen molar-refractivity contribution in [2.75, 3.05) is 20.1 Å². The molecule has 1 unspecified atom stereocenters. The van der Waals surface area contributed by atoms with E-state index in [2.05, 4.69) is 10.6 Å². The van der Waals surface area contributed by atoms with Crippen LogP contribution in [0.1, 0.15) is 22.0 Å². The van der Waals surface area contributed by atoms with Crippen LogP contribution in [-0.2, 0) is 14.8 Å². The number of sulfonamides is 1. The van der Waals surface area contributed by atoms with E-state index in [0.717, 1.165) is 0 Å². The molecule has 8 heteroatoms. The van der Waals surface area contributed by atoms with Gasteiger partial charge in [-0.1, -0.05) is 30.3 Å². The Morgan fingerprint density at radius 2 is 1.77 bits per heavy atom. The average Bonchev–Trinajstić information content (AvgIpc) is 2.68. The Hall–Kier alpha value is -2.71. The summed E-state index contributed by atoms with van der Waals surface area (Å²) in [6.07, 6.45) is 0. The van der Waals surface area contributed by atoms with Crippen molar-refractivity contribution in [2.24, 2.45) is 0 Å². The Morgan fingerprint density at radius 3 is 2.38 bits per heavy atom. The first kappa shape index (κ1) is 18.1. The highest BCUT2D eigenvalue weighted by Crippen LogP contribution is 2.29. The second-order valence-corrected chi connectivity index (χ2v) is 7.71. The summed E-state index contributed by atoms with van der Waals surface area (Å²) in [5.74, 6) is -0.651. The lowest BCUT2D eigenvalue weighted by atomic mass is 10.1. The van der Waals surface area contributed by atoms with Gasteiger partial charge in [0.05, 0.1) is 4.90 Å². The maximum Gasteiger partial charge on any atom is 0.251 e. The molecule has 1 saturated heterocycles. The van der Waals surface area contributed by atoms with Crippen LogP contribution in [0.4, 0.5) is 0 Å². The Balaban J connectivity index is 1.98. The van der Waals surface area contributed by atoms with Crippen LogP contribution in [0.25, 0.3) is 0 Å². The molecule has 1 heterocycles. The van der Waals surface area contributed by atoms with E-state index in [1.54, 1.807) is 30.3 Å². The normalized spacial score (nSPS) is 18.2. The van der Waals surface area contributed by atoms with Crippen LogP contribution in [0.5, 0.6) is 0 Å². The number of rotatable bonds is 4. The summed E-state index contributed by atoms with van der Waals surface area (Å²) in [7, 11) is -2.40. The average molecular weight is 373 g/mol. The third kappa shape index (κ3) is 3.33. The van der Waals surface area contributed by atoms with Crippen LogP contribution in [0, 0.1) is 0 Å². The maximum absolute atomic E-state index is 13.1. The predicted molar refractivity (Wildman–Crippen MR) is 95.9 cm³/mol. The summed E-state index contributed by atoms with van der Waals surface area (Å²) in [6, 6.07) is 13.5. The van der Waals surface area contributed by atoms with Crippen LogP contribution in [0.3, 0.4) is 0 Å². The van der Waals surface area contributed by atoms with Crippen LogP contribution in [0.2, 0.25) is 0 Å². The zero-order valence-electron chi connectivity index (χ0n) is 14.2. The molecular weight excluding hydrogens is 354 g/mol. The van der Waals surface area contributed by atoms with Crippen LogP contribution in [-0.4, -0.2) is 44.7 Å². The van der Waals surface area contributed by atoms with Crippen molar-refractivity contribution >= 4 is 21.8 Å². The minimum absolute atomic E-state index is 0.0424. The summed E-state index contributed by atoms with van der Waals surface area (Å²) >= 11 is 0. The molecule has 1 fully saturated rings. The standard InChI is InChI=1S/C18H19N3O4S/c1-19-17(22)14-7-9-15(10-8-14)26(24,25)21-12-11-20-18(23)16(21)13-5-3-2-4-6-13/h2-10,16H,11-12H2,1H3,(H,19,22)(H,20,23). The van der Waals surface area contributed by atoms with Crippen molar-refractivity contribution in [1.82, 2.24) is 14.9 Å². The van der Waals surface area contributed by atoms with Gasteiger partial charge in [0.15, 0.2) is 0 Å². The maximum atomic E-state index is 13.1. The lowest BCUT2D eigenvalue weighted by Crippen LogP contribution is -2.52. The van der Waals surface area contributed by atoms with E-state index in [9.17, 15) is 18.0 Å². The summed E-state index contributed by atoms with van der Waals surface area (Å²) in [4.78, 5) is 24.1. The van der Waals surface area contributed by atoms with Crippen molar-refractivity contribution in [3.63, 3.8) is 0 Å². The van der Waals surface area contributed by atoms with E-state index in [1.165, 1.54) is 35.6 Å². The van der Waals surface area contributed by atoms with Crippen molar-refractivity contribution in [3.05, 3.63) is 65.7 Å². The second kappa shape index (κ2) is 7.27. The largest absolute Gasteiger partial charge is 0.355 e. The fraction of sp³-hybridized carbons (Fsp3) is 0.222. The van der Waals surface area contributed by atoms with E-state index < -0.39 is 16.1 Å². The first-order chi connectivity index (χ1) is 12.4. The molecule has 136 valence electrons. The van der Waals surface area contributed by atoms with Crippen molar-refractivity contribution < 1.29 is 18.0 Å². The van der Waals surface area contributed by atoms with Gasteiger partial charge in [-0.05, 0) is 29.8 Å². The molecule has 2 amide bonds. The predicted octanol–water partition coefficient (Wildman–Crippen LogP) is 0.908. The molecule has 0 aliphatic carbocycles. The molecule has 0 bridgehead atoms. The van der Waals surface area contributed by atoms with Gasteiger partial charge in [0.25, 0.3) is 5.91 Å². The first-order valence-corrected chi connectivity index (χ1v) is 9.56. The van der Waals surface area contributed by atoms with E-state index in [0.29, 0.717) is 11.1 Å². The number of piperazine rings is 1. The number of nitrogens with zero attached hydrogens (tertiary/aromatic N) is 1. The van der Waals surface area contributed by atoms with Gasteiger partial charge in [-0.3, -0.25) is 9.59 Å². The Labute approximate surface area is 152 Å². The number of carbonyl (C=O) groups excluding carboxylic acids is 2. The number of hydrogen-bond donors (Lipinski definition) is 2. The van der Waals surface area contributed by atoms with Crippen LogP contribution >= 0.6 is 0 Å². The molecule has 2 N–H and O–H groups in total. The Morgan fingerprint density at radius 1 is 1.12 bits per heavy atom. The number of benzene rings is 2. The summed E-state index contributed by atoms with van der Waals surface area (Å²) < 4.78 is 27.4. The zero-order valence-corrected chi connectivity index (χ0v) is 15.0. The van der Waals surface area contributed by atoms with E-state index in [-0.39, 0.29) is 29.8 Å². The molecule has 0 saturated carbocycles. The van der Waals surface area contributed by atoms with Crippen molar-refractivity contribution in [1.29, 1.82) is 0 Å². The molecule has 1 aliphatic heterocycles. The minimum atomic E-state index is -3.90. The van der Waals surface area contributed by atoms with E-state index in [4.69, 9.17) is 0 Å². The third-order valence-electron chi connectivity index (χ3n) is 4.23. The summed E-state index contributed by atoms with van der Waals surface area (Å²) in [6.45, 7) is 0.419. The molecule has 1 atom stereocenters. The van der Waals surface area contributed by atoms with Crippen molar-refractivity contribution in [2.45, 2.75) is 10.9 Å². The number of nitrogens with one attached hydrogen (secondary N) is 2. The van der Waals surface area contributed by atoms with Gasteiger partial charge in [-0.2, -0.15) is 4.31 Å².